The third kappa shape index (κ3) is 3.52. The van der Waals surface area contributed by atoms with Gasteiger partial charge in [0, 0.05) is 15.7 Å². The summed E-state index contributed by atoms with van der Waals surface area (Å²) in [5.41, 5.74) is 6.60. The predicted octanol–water partition coefficient (Wildman–Crippen LogP) is 3.54. The minimum Gasteiger partial charge on any atom is -0.494 e. The number of carbonyl (C=O) groups excluding carboxylic acids is 1. The zero-order valence-electron chi connectivity index (χ0n) is 11.2. The van der Waals surface area contributed by atoms with Crippen molar-refractivity contribution in [2.24, 2.45) is 0 Å². The number of anilines is 1. The van der Waals surface area contributed by atoms with Crippen LogP contribution in [0.2, 0.25) is 0 Å². The monoisotopic (exact) mass is 353 g/mol. The second-order valence-electron chi connectivity index (χ2n) is 4.25. The minimum absolute atomic E-state index is 0.105. The van der Waals surface area contributed by atoms with E-state index in [2.05, 4.69) is 15.9 Å². The second kappa shape index (κ2) is 6.58. The highest BCUT2D eigenvalue weighted by Gasteiger charge is 2.14. The van der Waals surface area contributed by atoms with Crippen LogP contribution < -0.4 is 10.5 Å². The summed E-state index contributed by atoms with van der Waals surface area (Å²) in [6.45, 7) is -0.191. The molecule has 0 aliphatic carbocycles. The smallest absolute Gasteiger partial charge is 0.339 e. The Bertz CT molecular complexity index is 676. The molecule has 0 aliphatic rings. The molecule has 2 aromatic rings. The summed E-state index contributed by atoms with van der Waals surface area (Å²) >= 11 is 3.24. The summed E-state index contributed by atoms with van der Waals surface area (Å²) in [7, 11) is 1.37. The molecule has 2 rings (SSSR count). The van der Waals surface area contributed by atoms with Gasteiger partial charge in [-0.1, -0.05) is 12.1 Å². The van der Waals surface area contributed by atoms with Crippen molar-refractivity contribution in [2.45, 2.75) is 6.61 Å². The molecule has 4 nitrogen and oxygen atoms in total. The quantitative estimate of drug-likeness (QED) is 0.674. The summed E-state index contributed by atoms with van der Waals surface area (Å²) in [4.78, 5) is 12.0. The zero-order chi connectivity index (χ0) is 15.4. The first-order valence-corrected chi connectivity index (χ1v) is 6.85. The molecule has 0 aliphatic heterocycles. The van der Waals surface area contributed by atoms with Crippen LogP contribution in [-0.2, 0) is 11.3 Å². The van der Waals surface area contributed by atoms with Crippen molar-refractivity contribution >= 4 is 27.6 Å². The van der Waals surface area contributed by atoms with E-state index in [-0.39, 0.29) is 17.9 Å². The standard InChI is InChI=1S/C15H13BrFNO3/c1-20-13-4-2-3-9(14(13)17)8-21-15(19)11-7-10(18)5-6-12(11)16/h2-7H,8,18H2,1H3. The zero-order valence-corrected chi connectivity index (χ0v) is 12.8. The van der Waals surface area contributed by atoms with Crippen LogP contribution in [0.25, 0.3) is 0 Å². The van der Waals surface area contributed by atoms with Crippen LogP contribution in [-0.4, -0.2) is 13.1 Å². The number of carbonyl (C=O) groups is 1. The van der Waals surface area contributed by atoms with Gasteiger partial charge in [-0.25, -0.2) is 9.18 Å². The van der Waals surface area contributed by atoms with E-state index in [4.69, 9.17) is 15.2 Å². The Balaban J connectivity index is 2.13. The van der Waals surface area contributed by atoms with Gasteiger partial charge in [-0.05, 0) is 40.2 Å². The fourth-order valence-electron chi connectivity index (χ4n) is 1.75. The van der Waals surface area contributed by atoms with E-state index in [0.717, 1.165) is 0 Å². The summed E-state index contributed by atoms with van der Waals surface area (Å²) in [5.74, 6) is -1.02. The molecule has 0 saturated heterocycles. The van der Waals surface area contributed by atoms with E-state index >= 15 is 0 Å². The molecule has 2 aromatic carbocycles. The van der Waals surface area contributed by atoms with Crippen LogP contribution in [0.4, 0.5) is 10.1 Å². The SMILES string of the molecule is COc1cccc(COC(=O)c2cc(N)ccc2Br)c1F. The average Bonchev–Trinajstić information content (AvgIpc) is 2.48. The molecule has 6 heteroatoms. The molecule has 0 unspecified atom stereocenters. The maximum atomic E-state index is 13.9. The van der Waals surface area contributed by atoms with E-state index in [1.807, 2.05) is 0 Å². The average molecular weight is 354 g/mol. The molecule has 0 atom stereocenters. The summed E-state index contributed by atoms with van der Waals surface area (Å²) in [6.07, 6.45) is 0. The number of hydrogen-bond donors (Lipinski definition) is 1. The first-order chi connectivity index (χ1) is 10.0. The number of nitrogens with two attached hydrogens (primary N) is 1. The third-order valence-corrected chi connectivity index (χ3v) is 3.52. The molecule has 0 aromatic heterocycles. The third-order valence-electron chi connectivity index (χ3n) is 2.83. The number of esters is 1. The van der Waals surface area contributed by atoms with E-state index in [1.54, 1.807) is 18.2 Å². The fourth-order valence-corrected chi connectivity index (χ4v) is 2.15. The van der Waals surface area contributed by atoms with Crippen molar-refractivity contribution in [3.8, 4) is 5.75 Å². The van der Waals surface area contributed by atoms with E-state index in [9.17, 15) is 9.18 Å². The Morgan fingerprint density at radius 3 is 2.81 bits per heavy atom. The Hall–Kier alpha value is -2.08. The molecule has 0 bridgehead atoms. The van der Waals surface area contributed by atoms with Gasteiger partial charge >= 0.3 is 5.97 Å². The fraction of sp³-hybridized carbons (Fsp3) is 0.133. The molecule has 0 spiro atoms. The number of hydrogen-bond acceptors (Lipinski definition) is 4. The Labute approximate surface area is 129 Å². The summed E-state index contributed by atoms with van der Waals surface area (Å²) in [6, 6.07) is 9.45. The van der Waals surface area contributed by atoms with Crippen molar-refractivity contribution in [1.82, 2.24) is 0 Å². The van der Waals surface area contributed by atoms with Crippen molar-refractivity contribution in [2.75, 3.05) is 12.8 Å². The molecule has 110 valence electrons. The van der Waals surface area contributed by atoms with Crippen molar-refractivity contribution in [3.05, 3.63) is 57.8 Å². The lowest BCUT2D eigenvalue weighted by Crippen LogP contribution is -2.08. The maximum Gasteiger partial charge on any atom is 0.339 e. The topological polar surface area (TPSA) is 61.5 Å². The van der Waals surface area contributed by atoms with Gasteiger partial charge in [0.2, 0.25) is 0 Å². The van der Waals surface area contributed by atoms with E-state index in [0.29, 0.717) is 15.7 Å². The summed E-state index contributed by atoms with van der Waals surface area (Å²) in [5, 5.41) is 0. The van der Waals surface area contributed by atoms with E-state index < -0.39 is 11.8 Å². The van der Waals surface area contributed by atoms with Crippen molar-refractivity contribution in [1.29, 1.82) is 0 Å². The van der Waals surface area contributed by atoms with Gasteiger partial charge in [-0.15, -0.1) is 0 Å². The van der Waals surface area contributed by atoms with Crippen LogP contribution in [0.5, 0.6) is 5.75 Å². The second-order valence-corrected chi connectivity index (χ2v) is 5.10. The lowest BCUT2D eigenvalue weighted by Gasteiger charge is -2.09. The first kappa shape index (κ1) is 15.3. The Morgan fingerprint density at radius 1 is 1.33 bits per heavy atom. The molecule has 0 fully saturated rings. The van der Waals surface area contributed by atoms with Crippen LogP contribution in [0.15, 0.2) is 40.9 Å². The Morgan fingerprint density at radius 2 is 2.10 bits per heavy atom. The molecule has 0 heterocycles. The number of nitrogen functional groups attached to an aromatic ring is 1. The number of benzene rings is 2. The van der Waals surface area contributed by atoms with Crippen LogP contribution >= 0.6 is 15.9 Å². The molecule has 0 amide bonds. The van der Waals surface area contributed by atoms with Gasteiger partial charge in [0.15, 0.2) is 11.6 Å². The van der Waals surface area contributed by atoms with Crippen molar-refractivity contribution in [3.63, 3.8) is 0 Å². The number of halogens is 2. The highest BCUT2D eigenvalue weighted by atomic mass is 79.9. The predicted molar refractivity (Wildman–Crippen MR) is 80.6 cm³/mol. The van der Waals surface area contributed by atoms with E-state index in [1.165, 1.54) is 25.3 Å². The molecule has 2 N–H and O–H groups in total. The number of ether oxygens (including phenoxy) is 2. The highest BCUT2D eigenvalue weighted by molar-refractivity contribution is 9.10. The molecular weight excluding hydrogens is 341 g/mol. The molecular formula is C15H13BrFNO3. The largest absolute Gasteiger partial charge is 0.494 e. The van der Waals surface area contributed by atoms with Gasteiger partial charge in [0.05, 0.1) is 12.7 Å². The van der Waals surface area contributed by atoms with Gasteiger partial charge in [-0.2, -0.15) is 0 Å². The first-order valence-electron chi connectivity index (χ1n) is 6.06. The van der Waals surface area contributed by atoms with Crippen LogP contribution in [0.1, 0.15) is 15.9 Å². The van der Waals surface area contributed by atoms with Gasteiger partial charge in [0.1, 0.15) is 6.61 Å². The van der Waals surface area contributed by atoms with Gasteiger partial charge in [0.25, 0.3) is 0 Å². The van der Waals surface area contributed by atoms with Gasteiger partial charge < -0.3 is 15.2 Å². The van der Waals surface area contributed by atoms with Crippen LogP contribution in [0.3, 0.4) is 0 Å². The number of methoxy groups -OCH3 is 1. The normalized spacial score (nSPS) is 10.2. The Kier molecular flexibility index (Phi) is 4.80. The lowest BCUT2D eigenvalue weighted by atomic mass is 10.2. The maximum absolute atomic E-state index is 13.9. The number of rotatable bonds is 4. The molecule has 0 saturated carbocycles. The van der Waals surface area contributed by atoms with Crippen molar-refractivity contribution < 1.29 is 18.7 Å². The van der Waals surface area contributed by atoms with Gasteiger partial charge in [-0.3, -0.25) is 0 Å². The summed E-state index contributed by atoms with van der Waals surface area (Å²) < 4.78 is 24.5. The van der Waals surface area contributed by atoms with Crippen LogP contribution in [0, 0.1) is 5.82 Å². The minimum atomic E-state index is -0.587. The lowest BCUT2D eigenvalue weighted by molar-refractivity contribution is 0.0467. The molecule has 0 radical (unpaired) electrons. The highest BCUT2D eigenvalue weighted by Crippen LogP contribution is 2.23. The molecule has 21 heavy (non-hydrogen) atoms.